The Kier molecular flexibility index (Phi) is 8.54. The minimum Gasteiger partial charge on any atom is -0.376 e. The molecule has 5 nitrogen and oxygen atoms in total. The zero-order valence-electron chi connectivity index (χ0n) is 16.5. The number of morpholine rings is 1. The van der Waals surface area contributed by atoms with Crippen LogP contribution in [-0.2, 0) is 14.6 Å². The van der Waals surface area contributed by atoms with Gasteiger partial charge in [-0.3, -0.25) is 9.80 Å². The molecule has 1 fully saturated rings. The van der Waals surface area contributed by atoms with Crippen molar-refractivity contribution >= 4 is 9.84 Å². The van der Waals surface area contributed by atoms with Gasteiger partial charge in [0.05, 0.1) is 17.6 Å². The predicted molar refractivity (Wildman–Crippen MR) is 106 cm³/mol. The molecule has 1 saturated heterocycles. The predicted octanol–water partition coefficient (Wildman–Crippen LogP) is 2.94. The van der Waals surface area contributed by atoms with E-state index in [1.54, 1.807) is 12.1 Å². The van der Waals surface area contributed by atoms with E-state index in [-0.39, 0.29) is 12.0 Å². The smallest absolute Gasteiger partial charge is 0.191 e. The molecule has 0 aliphatic carbocycles. The molecule has 148 valence electrons. The molecule has 1 heterocycles. The largest absolute Gasteiger partial charge is 0.376 e. The lowest BCUT2D eigenvalue weighted by molar-refractivity contribution is -0.0347. The Morgan fingerprint density at radius 1 is 1.23 bits per heavy atom. The Hall–Kier alpha value is -0.950. The fraction of sp³-hybridized carbons (Fsp3) is 0.700. The van der Waals surface area contributed by atoms with Crippen molar-refractivity contribution in [1.29, 1.82) is 0 Å². The number of ether oxygens (including phenoxy) is 1. The minimum absolute atomic E-state index is 0.0446. The van der Waals surface area contributed by atoms with Crippen LogP contribution in [0.4, 0.5) is 0 Å². The maximum absolute atomic E-state index is 12.5. The molecule has 0 saturated carbocycles. The first-order valence-corrected chi connectivity index (χ1v) is 11.4. The Labute approximate surface area is 159 Å². The van der Waals surface area contributed by atoms with Gasteiger partial charge in [-0.1, -0.05) is 37.5 Å². The van der Waals surface area contributed by atoms with E-state index in [1.165, 1.54) is 19.3 Å². The second kappa shape index (κ2) is 10.4. The van der Waals surface area contributed by atoms with Gasteiger partial charge < -0.3 is 4.74 Å². The SMILES string of the molecule is CCCCCN1CCO[C@@H](CCN(C)CS(=O)(=O)c2ccc(C)cc2)C1. The van der Waals surface area contributed by atoms with E-state index in [1.807, 2.05) is 31.0 Å². The van der Waals surface area contributed by atoms with Crippen molar-refractivity contribution < 1.29 is 13.2 Å². The highest BCUT2D eigenvalue weighted by atomic mass is 32.2. The molecule has 0 amide bonds. The summed E-state index contributed by atoms with van der Waals surface area (Å²) in [6.45, 7) is 8.80. The maximum atomic E-state index is 12.5. The molecule has 0 unspecified atom stereocenters. The standard InChI is InChI=1S/C20H34N2O3S/c1-4-5-6-12-22-14-15-25-19(16-22)11-13-21(3)17-26(23,24)20-9-7-18(2)8-10-20/h7-10,19H,4-6,11-17H2,1-3H3/t19-/m0/s1. The van der Waals surface area contributed by atoms with E-state index in [0.29, 0.717) is 4.90 Å². The molecule has 1 aliphatic rings. The molecule has 0 N–H and O–H groups in total. The van der Waals surface area contributed by atoms with Crippen LogP contribution >= 0.6 is 0 Å². The van der Waals surface area contributed by atoms with Crippen LogP contribution in [0.2, 0.25) is 0 Å². The van der Waals surface area contributed by atoms with Crippen molar-refractivity contribution in [1.82, 2.24) is 9.80 Å². The van der Waals surface area contributed by atoms with Crippen LogP contribution in [0, 0.1) is 6.92 Å². The van der Waals surface area contributed by atoms with Gasteiger partial charge in [-0.05, 0) is 45.5 Å². The van der Waals surface area contributed by atoms with Gasteiger partial charge in [0, 0.05) is 19.6 Å². The van der Waals surface area contributed by atoms with E-state index in [4.69, 9.17) is 4.74 Å². The molecular weight excluding hydrogens is 348 g/mol. The Morgan fingerprint density at radius 3 is 2.65 bits per heavy atom. The number of benzene rings is 1. The fourth-order valence-electron chi connectivity index (χ4n) is 3.28. The van der Waals surface area contributed by atoms with E-state index in [0.717, 1.165) is 44.8 Å². The van der Waals surface area contributed by atoms with Crippen LogP contribution in [0.1, 0.15) is 38.2 Å². The van der Waals surface area contributed by atoms with Crippen LogP contribution in [0.15, 0.2) is 29.2 Å². The molecule has 0 aromatic heterocycles. The van der Waals surface area contributed by atoms with Crippen LogP contribution in [-0.4, -0.2) is 70.0 Å². The van der Waals surface area contributed by atoms with E-state index >= 15 is 0 Å². The van der Waals surface area contributed by atoms with E-state index in [2.05, 4.69) is 11.8 Å². The van der Waals surface area contributed by atoms with Gasteiger partial charge in [0.2, 0.25) is 0 Å². The molecule has 1 atom stereocenters. The highest BCUT2D eigenvalue weighted by molar-refractivity contribution is 7.91. The van der Waals surface area contributed by atoms with Gasteiger partial charge in [-0.25, -0.2) is 8.42 Å². The fourth-order valence-corrected chi connectivity index (χ4v) is 4.69. The molecule has 0 spiro atoms. The Morgan fingerprint density at radius 2 is 1.96 bits per heavy atom. The van der Waals surface area contributed by atoms with E-state index in [9.17, 15) is 8.42 Å². The lowest BCUT2D eigenvalue weighted by Gasteiger charge is -2.33. The highest BCUT2D eigenvalue weighted by Crippen LogP contribution is 2.15. The molecule has 1 aromatic rings. The van der Waals surface area contributed by atoms with Crippen molar-refractivity contribution in [2.24, 2.45) is 0 Å². The molecule has 0 bridgehead atoms. The van der Waals surface area contributed by atoms with Crippen LogP contribution in [0.25, 0.3) is 0 Å². The van der Waals surface area contributed by atoms with Gasteiger partial charge in [-0.15, -0.1) is 0 Å². The molecular formula is C20H34N2O3S. The second-order valence-electron chi connectivity index (χ2n) is 7.43. The summed E-state index contributed by atoms with van der Waals surface area (Å²) in [4.78, 5) is 4.76. The first-order valence-electron chi connectivity index (χ1n) is 9.72. The third-order valence-electron chi connectivity index (χ3n) is 4.90. The molecule has 26 heavy (non-hydrogen) atoms. The summed E-state index contributed by atoms with van der Waals surface area (Å²) in [6.07, 6.45) is 4.84. The van der Waals surface area contributed by atoms with Crippen molar-refractivity contribution in [2.75, 3.05) is 45.7 Å². The Bertz CT molecular complexity index is 631. The quantitative estimate of drug-likeness (QED) is 0.582. The topological polar surface area (TPSA) is 49.9 Å². The summed E-state index contributed by atoms with van der Waals surface area (Å²) >= 11 is 0. The number of hydrogen-bond donors (Lipinski definition) is 0. The molecule has 0 radical (unpaired) electrons. The Balaban J connectivity index is 1.77. The number of aryl methyl sites for hydroxylation is 1. The molecule has 6 heteroatoms. The first kappa shape index (κ1) is 21.4. The molecule has 2 rings (SSSR count). The van der Waals surface area contributed by atoms with Crippen molar-refractivity contribution in [3.63, 3.8) is 0 Å². The lowest BCUT2D eigenvalue weighted by atomic mass is 10.2. The van der Waals surface area contributed by atoms with Crippen molar-refractivity contribution in [3.05, 3.63) is 29.8 Å². The number of nitrogens with zero attached hydrogens (tertiary/aromatic N) is 2. The third kappa shape index (κ3) is 6.99. The average Bonchev–Trinajstić information content (AvgIpc) is 2.61. The van der Waals surface area contributed by atoms with E-state index < -0.39 is 9.84 Å². The number of unbranched alkanes of at least 4 members (excludes halogenated alkanes) is 2. The van der Waals surface area contributed by atoms with Crippen LogP contribution < -0.4 is 0 Å². The zero-order chi connectivity index (χ0) is 19.0. The van der Waals surface area contributed by atoms with Crippen molar-refractivity contribution in [2.45, 2.75) is 50.5 Å². The second-order valence-corrected chi connectivity index (χ2v) is 9.38. The number of sulfone groups is 1. The van der Waals surface area contributed by atoms with Crippen LogP contribution in [0.5, 0.6) is 0 Å². The van der Waals surface area contributed by atoms with Gasteiger partial charge >= 0.3 is 0 Å². The summed E-state index contributed by atoms with van der Waals surface area (Å²) in [5, 5.41) is 0. The summed E-state index contributed by atoms with van der Waals surface area (Å²) in [7, 11) is -1.41. The summed E-state index contributed by atoms with van der Waals surface area (Å²) in [5.41, 5.74) is 1.07. The van der Waals surface area contributed by atoms with Gasteiger partial charge in [0.1, 0.15) is 5.88 Å². The normalized spacial score (nSPS) is 19.2. The maximum Gasteiger partial charge on any atom is 0.191 e. The zero-order valence-corrected chi connectivity index (χ0v) is 17.3. The number of hydrogen-bond acceptors (Lipinski definition) is 5. The first-order chi connectivity index (χ1) is 12.4. The monoisotopic (exact) mass is 382 g/mol. The lowest BCUT2D eigenvalue weighted by Crippen LogP contribution is -2.44. The molecule has 1 aromatic carbocycles. The number of rotatable bonds is 10. The summed E-state index contributed by atoms with van der Waals surface area (Å²) < 4.78 is 30.9. The van der Waals surface area contributed by atoms with Gasteiger partial charge in [0.25, 0.3) is 0 Å². The summed E-state index contributed by atoms with van der Waals surface area (Å²) in [6, 6.07) is 7.07. The average molecular weight is 383 g/mol. The summed E-state index contributed by atoms with van der Waals surface area (Å²) in [5.74, 6) is 0.0446. The minimum atomic E-state index is -3.28. The highest BCUT2D eigenvalue weighted by Gasteiger charge is 2.22. The van der Waals surface area contributed by atoms with Crippen LogP contribution in [0.3, 0.4) is 0 Å². The van der Waals surface area contributed by atoms with Gasteiger partial charge in [-0.2, -0.15) is 0 Å². The van der Waals surface area contributed by atoms with Crippen molar-refractivity contribution in [3.8, 4) is 0 Å². The molecule has 1 aliphatic heterocycles. The third-order valence-corrected chi connectivity index (χ3v) is 6.68. The van der Waals surface area contributed by atoms with Gasteiger partial charge in [0.15, 0.2) is 9.84 Å².